The summed E-state index contributed by atoms with van der Waals surface area (Å²) >= 11 is 0. The van der Waals surface area contributed by atoms with Gasteiger partial charge in [-0.25, -0.2) is 9.18 Å². The van der Waals surface area contributed by atoms with Gasteiger partial charge in [0, 0.05) is 12.5 Å². The Morgan fingerprint density at radius 2 is 2.00 bits per heavy atom. The predicted octanol–water partition coefficient (Wildman–Crippen LogP) is 3.20. The first kappa shape index (κ1) is 16.5. The largest absolute Gasteiger partial charge is 0.502 e. The van der Waals surface area contributed by atoms with E-state index in [0.717, 1.165) is 11.6 Å². The number of rotatable bonds is 6. The van der Waals surface area contributed by atoms with Crippen molar-refractivity contribution >= 4 is 11.8 Å². The second-order valence-electron chi connectivity index (χ2n) is 4.72. The van der Waals surface area contributed by atoms with Crippen LogP contribution in [0.2, 0.25) is 0 Å². The fraction of sp³-hybridized carbons (Fsp3) is 0.176. The van der Waals surface area contributed by atoms with E-state index in [4.69, 9.17) is 4.42 Å². The van der Waals surface area contributed by atoms with Crippen LogP contribution in [-0.2, 0) is 16.0 Å². The monoisotopic (exact) mass is 318 g/mol. The van der Waals surface area contributed by atoms with Crippen molar-refractivity contribution in [3.05, 3.63) is 71.1 Å². The average Bonchev–Trinajstić information content (AvgIpc) is 2.98. The van der Waals surface area contributed by atoms with Crippen molar-refractivity contribution in [2.75, 3.05) is 6.61 Å². The van der Waals surface area contributed by atoms with Crippen LogP contribution in [-0.4, -0.2) is 23.5 Å². The van der Waals surface area contributed by atoms with Gasteiger partial charge < -0.3 is 14.3 Å². The molecule has 0 atom stereocenters. The van der Waals surface area contributed by atoms with E-state index in [9.17, 15) is 19.1 Å². The predicted molar refractivity (Wildman–Crippen MR) is 79.6 cm³/mol. The minimum Gasteiger partial charge on any atom is -0.502 e. The SMILES string of the molecule is CCOC(=O)C(O)=CC(=O)c1coc(Cc2ccc(F)cc2)c1. The summed E-state index contributed by atoms with van der Waals surface area (Å²) in [6, 6.07) is 7.41. The van der Waals surface area contributed by atoms with Crippen molar-refractivity contribution in [1.29, 1.82) is 0 Å². The van der Waals surface area contributed by atoms with Gasteiger partial charge in [0.15, 0.2) is 5.78 Å². The van der Waals surface area contributed by atoms with Crippen LogP contribution in [0, 0.1) is 5.82 Å². The van der Waals surface area contributed by atoms with Crippen LogP contribution in [0.15, 0.2) is 52.8 Å². The minimum absolute atomic E-state index is 0.0957. The molecule has 1 heterocycles. The summed E-state index contributed by atoms with van der Waals surface area (Å²) in [5.74, 6) is -2.13. The number of hydrogen-bond acceptors (Lipinski definition) is 5. The molecule has 0 fully saturated rings. The van der Waals surface area contributed by atoms with Gasteiger partial charge in [-0.2, -0.15) is 0 Å². The fourth-order valence-electron chi connectivity index (χ4n) is 1.88. The van der Waals surface area contributed by atoms with Gasteiger partial charge in [0.1, 0.15) is 17.8 Å². The molecule has 2 aromatic rings. The lowest BCUT2D eigenvalue weighted by atomic mass is 10.1. The van der Waals surface area contributed by atoms with Gasteiger partial charge in [-0.1, -0.05) is 12.1 Å². The maximum Gasteiger partial charge on any atom is 0.373 e. The van der Waals surface area contributed by atoms with Crippen LogP contribution in [0.3, 0.4) is 0 Å². The van der Waals surface area contributed by atoms with E-state index < -0.39 is 17.5 Å². The number of esters is 1. The zero-order valence-electron chi connectivity index (χ0n) is 12.4. The second-order valence-corrected chi connectivity index (χ2v) is 4.72. The molecular weight excluding hydrogens is 303 g/mol. The van der Waals surface area contributed by atoms with Crippen LogP contribution in [0.4, 0.5) is 4.39 Å². The van der Waals surface area contributed by atoms with Crippen LogP contribution in [0.25, 0.3) is 0 Å². The smallest absolute Gasteiger partial charge is 0.373 e. The molecule has 0 aliphatic carbocycles. The number of ketones is 1. The van der Waals surface area contributed by atoms with Crippen molar-refractivity contribution < 1.29 is 28.2 Å². The van der Waals surface area contributed by atoms with Crippen molar-refractivity contribution in [3.63, 3.8) is 0 Å². The molecule has 0 spiro atoms. The summed E-state index contributed by atoms with van der Waals surface area (Å²) in [7, 11) is 0. The Bertz CT molecular complexity index is 728. The van der Waals surface area contributed by atoms with Gasteiger partial charge in [-0.15, -0.1) is 0 Å². The highest BCUT2D eigenvalue weighted by Crippen LogP contribution is 2.15. The standard InChI is InChI=1S/C17H15FO5/c1-2-22-17(21)16(20)9-15(19)12-8-14(23-10-12)7-11-3-5-13(18)6-4-11/h3-6,8-10,20H,2,7H2,1H3. The quantitative estimate of drug-likeness (QED) is 0.383. The Morgan fingerprint density at radius 1 is 1.30 bits per heavy atom. The summed E-state index contributed by atoms with van der Waals surface area (Å²) in [5, 5.41) is 9.45. The Balaban J connectivity index is 2.06. The molecule has 120 valence electrons. The maximum atomic E-state index is 12.8. The van der Waals surface area contributed by atoms with Crippen molar-refractivity contribution in [3.8, 4) is 0 Å². The van der Waals surface area contributed by atoms with E-state index >= 15 is 0 Å². The van der Waals surface area contributed by atoms with Gasteiger partial charge in [0.05, 0.1) is 12.2 Å². The van der Waals surface area contributed by atoms with E-state index in [1.165, 1.54) is 24.5 Å². The second kappa shape index (κ2) is 7.40. The highest BCUT2D eigenvalue weighted by Gasteiger charge is 2.14. The van der Waals surface area contributed by atoms with E-state index in [1.54, 1.807) is 19.1 Å². The third-order valence-electron chi connectivity index (χ3n) is 2.98. The Hall–Kier alpha value is -2.89. The molecule has 5 nitrogen and oxygen atoms in total. The Kier molecular flexibility index (Phi) is 5.30. The third-order valence-corrected chi connectivity index (χ3v) is 2.98. The number of hydrogen-bond donors (Lipinski definition) is 1. The Morgan fingerprint density at radius 3 is 2.65 bits per heavy atom. The number of benzene rings is 1. The summed E-state index contributed by atoms with van der Waals surface area (Å²) in [4.78, 5) is 23.2. The van der Waals surface area contributed by atoms with Crippen LogP contribution in [0.1, 0.15) is 28.6 Å². The zero-order chi connectivity index (χ0) is 16.8. The fourth-order valence-corrected chi connectivity index (χ4v) is 1.88. The lowest BCUT2D eigenvalue weighted by molar-refractivity contribution is -0.141. The third kappa shape index (κ3) is 4.54. The number of halogens is 1. The summed E-state index contributed by atoms with van der Waals surface area (Å²) in [6.07, 6.45) is 2.40. The zero-order valence-corrected chi connectivity index (χ0v) is 12.4. The Labute approximate surface area is 132 Å². The number of carbonyl (C=O) groups is 2. The summed E-state index contributed by atoms with van der Waals surface area (Å²) < 4.78 is 22.7. The molecule has 0 aliphatic rings. The molecule has 1 aromatic heterocycles. The van der Waals surface area contributed by atoms with Crippen LogP contribution < -0.4 is 0 Å². The van der Waals surface area contributed by atoms with Gasteiger partial charge in [0.25, 0.3) is 0 Å². The molecule has 0 amide bonds. The van der Waals surface area contributed by atoms with Crippen molar-refractivity contribution in [1.82, 2.24) is 0 Å². The number of carbonyl (C=O) groups excluding carboxylic acids is 2. The molecule has 1 aromatic carbocycles. The van der Waals surface area contributed by atoms with E-state index in [-0.39, 0.29) is 18.0 Å². The topological polar surface area (TPSA) is 76.7 Å². The lowest BCUT2D eigenvalue weighted by Crippen LogP contribution is -2.09. The molecule has 2 rings (SSSR count). The number of aliphatic hydroxyl groups excluding tert-OH is 1. The van der Waals surface area contributed by atoms with Gasteiger partial charge >= 0.3 is 5.97 Å². The average molecular weight is 318 g/mol. The molecule has 0 aliphatic heterocycles. The molecule has 0 unspecified atom stereocenters. The van der Waals surface area contributed by atoms with Crippen LogP contribution >= 0.6 is 0 Å². The normalized spacial score (nSPS) is 11.3. The van der Waals surface area contributed by atoms with E-state index in [0.29, 0.717) is 12.2 Å². The molecule has 23 heavy (non-hydrogen) atoms. The number of allylic oxidation sites excluding steroid dienone is 1. The first-order valence-electron chi connectivity index (χ1n) is 6.93. The first-order valence-corrected chi connectivity index (χ1v) is 6.93. The highest BCUT2D eigenvalue weighted by molar-refractivity contribution is 6.07. The summed E-state index contributed by atoms with van der Waals surface area (Å²) in [6.45, 7) is 1.68. The molecule has 1 N–H and O–H groups in total. The molecule has 6 heteroatoms. The maximum absolute atomic E-state index is 12.8. The number of furan rings is 1. The minimum atomic E-state index is -0.962. The highest BCUT2D eigenvalue weighted by atomic mass is 19.1. The van der Waals surface area contributed by atoms with Gasteiger partial charge in [-0.05, 0) is 30.7 Å². The first-order chi connectivity index (χ1) is 11.0. The van der Waals surface area contributed by atoms with E-state index in [1.807, 2.05) is 0 Å². The summed E-state index contributed by atoms with van der Waals surface area (Å²) in [5.41, 5.74) is 1.02. The number of aliphatic hydroxyl groups is 1. The molecule has 0 radical (unpaired) electrons. The lowest BCUT2D eigenvalue weighted by Gasteiger charge is -1.99. The van der Waals surface area contributed by atoms with Crippen molar-refractivity contribution in [2.45, 2.75) is 13.3 Å². The molecule has 0 saturated carbocycles. The van der Waals surface area contributed by atoms with Crippen molar-refractivity contribution in [2.24, 2.45) is 0 Å². The molecule has 0 saturated heterocycles. The molecule has 0 bridgehead atoms. The number of ether oxygens (including phenoxy) is 1. The van der Waals surface area contributed by atoms with Gasteiger partial charge in [-0.3, -0.25) is 4.79 Å². The van der Waals surface area contributed by atoms with E-state index in [2.05, 4.69) is 4.74 Å². The van der Waals surface area contributed by atoms with Crippen LogP contribution in [0.5, 0.6) is 0 Å². The molecular formula is C17H15FO5. The van der Waals surface area contributed by atoms with Gasteiger partial charge in [0.2, 0.25) is 5.76 Å².